The molecule has 0 aliphatic heterocycles. The fraction of sp³-hybridized carbons (Fsp3) is 0.719. The van der Waals surface area contributed by atoms with Crippen LogP contribution in [0.2, 0.25) is 0 Å². The number of anilines is 1. The summed E-state index contributed by atoms with van der Waals surface area (Å²) in [6.45, 7) is 10.7. The van der Waals surface area contributed by atoms with Crippen LogP contribution in [0.4, 0.5) is 5.69 Å². The molecule has 0 heterocycles. The van der Waals surface area contributed by atoms with Crippen molar-refractivity contribution in [2.75, 3.05) is 5.32 Å². The van der Waals surface area contributed by atoms with Crippen LogP contribution in [0.15, 0.2) is 30.8 Å². The van der Waals surface area contributed by atoms with Crippen LogP contribution in [0.25, 0.3) is 6.08 Å². The normalized spacial score (nSPS) is 43.7. The molecule has 0 aromatic heterocycles. The van der Waals surface area contributed by atoms with Crippen molar-refractivity contribution < 1.29 is 20.1 Å². The molecule has 4 fully saturated rings. The predicted molar refractivity (Wildman–Crippen MR) is 148 cm³/mol. The van der Waals surface area contributed by atoms with Gasteiger partial charge in [0.05, 0.1) is 18.3 Å². The number of carbonyl (C=O) groups is 1. The molecule has 11 atom stereocenters. The Morgan fingerprint density at radius 3 is 2.51 bits per heavy atom. The van der Waals surface area contributed by atoms with E-state index in [1.165, 1.54) is 0 Å². The first-order valence-electron chi connectivity index (χ1n) is 14.6. The lowest BCUT2D eigenvalue weighted by molar-refractivity contribution is -0.207. The molecule has 4 N–H and O–H groups in total. The Balaban J connectivity index is 1.26. The summed E-state index contributed by atoms with van der Waals surface area (Å²) < 4.78 is 0. The Morgan fingerprint density at radius 2 is 1.81 bits per heavy atom. The van der Waals surface area contributed by atoms with E-state index in [0.717, 1.165) is 62.6 Å². The van der Waals surface area contributed by atoms with E-state index in [4.69, 9.17) is 0 Å². The minimum atomic E-state index is -0.388. The van der Waals surface area contributed by atoms with Crippen molar-refractivity contribution in [3.63, 3.8) is 0 Å². The summed E-state index contributed by atoms with van der Waals surface area (Å²) in [6, 6.07) is 7.70. The average molecular weight is 510 g/mol. The van der Waals surface area contributed by atoms with Gasteiger partial charge in [0.1, 0.15) is 0 Å². The van der Waals surface area contributed by atoms with Gasteiger partial charge in [-0.2, -0.15) is 0 Å². The molecule has 4 aliphatic rings. The maximum atomic E-state index is 12.7. The second kappa shape index (κ2) is 10.1. The minimum absolute atomic E-state index is 0.0308. The predicted octanol–water partition coefficient (Wildman–Crippen LogP) is 5.65. The molecule has 0 unspecified atom stereocenters. The Labute approximate surface area is 222 Å². The van der Waals surface area contributed by atoms with Crippen LogP contribution in [0.5, 0.6) is 0 Å². The Kier molecular flexibility index (Phi) is 7.36. The molecule has 0 bridgehead atoms. The number of nitrogens with one attached hydrogen (secondary N) is 1. The van der Waals surface area contributed by atoms with Crippen molar-refractivity contribution in [2.45, 2.75) is 96.9 Å². The lowest BCUT2D eigenvalue weighted by Crippen LogP contribution is -2.62. The van der Waals surface area contributed by atoms with Crippen LogP contribution in [0, 0.1) is 46.3 Å². The van der Waals surface area contributed by atoms with Gasteiger partial charge in [-0.3, -0.25) is 4.79 Å². The Hall–Kier alpha value is -1.69. The number of carbonyl (C=O) groups excluding carboxylic acids is 1. The number of hydrogen-bond acceptors (Lipinski definition) is 4. The summed E-state index contributed by atoms with van der Waals surface area (Å²) in [5.74, 6) is 1.89. The maximum Gasteiger partial charge on any atom is 0.224 e. The molecule has 204 valence electrons. The monoisotopic (exact) mass is 509 g/mol. The van der Waals surface area contributed by atoms with Crippen molar-refractivity contribution in [2.24, 2.45) is 46.3 Å². The fourth-order valence-corrected chi connectivity index (χ4v) is 9.62. The van der Waals surface area contributed by atoms with Gasteiger partial charge in [-0.05, 0) is 115 Å². The van der Waals surface area contributed by atoms with E-state index in [0.29, 0.717) is 36.0 Å². The molecule has 37 heavy (non-hydrogen) atoms. The molecule has 4 aliphatic carbocycles. The SMILES string of the molecule is C=Cc1ccc(NC(=O)CC[C@@H](C)[C@H]2CC[C@H]3[C@@H]4[C@H](O)C[C@@H]5C[C@H](O)CC[C@]5(C)[C@H]4C[C@H](O)[C@]23C)cc1. The van der Waals surface area contributed by atoms with Gasteiger partial charge >= 0.3 is 0 Å². The Morgan fingerprint density at radius 1 is 1.08 bits per heavy atom. The van der Waals surface area contributed by atoms with Gasteiger partial charge < -0.3 is 20.6 Å². The zero-order valence-corrected chi connectivity index (χ0v) is 22.9. The molecule has 4 saturated carbocycles. The summed E-state index contributed by atoms with van der Waals surface area (Å²) in [4.78, 5) is 12.7. The largest absolute Gasteiger partial charge is 0.393 e. The fourth-order valence-electron chi connectivity index (χ4n) is 9.62. The Bertz CT molecular complexity index is 993. The third-order valence-electron chi connectivity index (χ3n) is 11.8. The van der Waals surface area contributed by atoms with E-state index in [1.54, 1.807) is 6.08 Å². The molecule has 5 nitrogen and oxygen atoms in total. The van der Waals surface area contributed by atoms with Crippen molar-refractivity contribution in [3.8, 4) is 0 Å². The quantitative estimate of drug-likeness (QED) is 0.399. The van der Waals surface area contributed by atoms with Gasteiger partial charge in [-0.15, -0.1) is 0 Å². The molecule has 0 spiro atoms. The minimum Gasteiger partial charge on any atom is -0.393 e. The highest BCUT2D eigenvalue weighted by Crippen LogP contribution is 2.68. The lowest BCUT2D eigenvalue weighted by Gasteiger charge is -2.63. The number of fused-ring (bicyclic) bond motifs is 5. The van der Waals surface area contributed by atoms with Crippen LogP contribution in [-0.2, 0) is 4.79 Å². The molecule has 5 rings (SSSR count). The van der Waals surface area contributed by atoms with Gasteiger partial charge in [0.2, 0.25) is 5.91 Å². The first kappa shape index (κ1) is 26.9. The van der Waals surface area contributed by atoms with Crippen molar-refractivity contribution >= 4 is 17.7 Å². The van der Waals surface area contributed by atoms with Gasteiger partial charge in [0, 0.05) is 12.1 Å². The lowest BCUT2D eigenvalue weighted by atomic mass is 9.43. The number of rotatable bonds is 6. The van der Waals surface area contributed by atoms with Gasteiger partial charge in [-0.25, -0.2) is 0 Å². The number of aliphatic hydroxyl groups excluding tert-OH is 3. The van der Waals surface area contributed by atoms with Crippen molar-refractivity contribution in [1.82, 2.24) is 0 Å². The maximum absolute atomic E-state index is 12.7. The summed E-state index contributed by atoms with van der Waals surface area (Å²) in [7, 11) is 0. The topological polar surface area (TPSA) is 89.8 Å². The first-order chi connectivity index (χ1) is 17.6. The molecule has 1 aromatic rings. The molecular formula is C32H47NO4. The van der Waals surface area contributed by atoms with Crippen LogP contribution < -0.4 is 5.32 Å². The highest BCUT2D eigenvalue weighted by Gasteiger charge is 2.65. The van der Waals surface area contributed by atoms with Gasteiger partial charge in [-0.1, -0.05) is 45.6 Å². The van der Waals surface area contributed by atoms with E-state index < -0.39 is 0 Å². The van der Waals surface area contributed by atoms with E-state index in [9.17, 15) is 20.1 Å². The van der Waals surface area contributed by atoms with Crippen LogP contribution in [0.3, 0.4) is 0 Å². The molecule has 1 aromatic carbocycles. The van der Waals surface area contributed by atoms with Crippen molar-refractivity contribution in [1.29, 1.82) is 0 Å². The summed E-state index contributed by atoms with van der Waals surface area (Å²) >= 11 is 0. The second-order valence-electron chi connectivity index (χ2n) is 13.4. The molecular weight excluding hydrogens is 462 g/mol. The van der Waals surface area contributed by atoms with Crippen molar-refractivity contribution in [3.05, 3.63) is 36.4 Å². The zero-order valence-electron chi connectivity index (χ0n) is 22.9. The van der Waals surface area contributed by atoms with Crippen LogP contribution >= 0.6 is 0 Å². The number of hydrogen-bond donors (Lipinski definition) is 4. The summed E-state index contributed by atoms with van der Waals surface area (Å²) in [6.07, 6.45) is 8.32. The number of amides is 1. The molecule has 0 radical (unpaired) electrons. The van der Waals surface area contributed by atoms with Crippen LogP contribution in [0.1, 0.15) is 84.1 Å². The van der Waals surface area contributed by atoms with Gasteiger partial charge in [0.15, 0.2) is 0 Å². The molecule has 1 amide bonds. The zero-order chi connectivity index (χ0) is 26.5. The summed E-state index contributed by atoms with van der Waals surface area (Å²) in [5.41, 5.74) is 1.70. The highest BCUT2D eigenvalue weighted by molar-refractivity contribution is 5.90. The van der Waals surface area contributed by atoms with E-state index in [2.05, 4.69) is 32.7 Å². The highest BCUT2D eigenvalue weighted by atomic mass is 16.3. The third-order valence-corrected chi connectivity index (χ3v) is 11.8. The van der Waals surface area contributed by atoms with Gasteiger partial charge in [0.25, 0.3) is 0 Å². The first-order valence-corrected chi connectivity index (χ1v) is 14.6. The molecule has 5 heteroatoms. The third kappa shape index (κ3) is 4.59. The number of benzene rings is 1. The van der Waals surface area contributed by atoms with E-state index >= 15 is 0 Å². The average Bonchev–Trinajstić information content (AvgIpc) is 3.23. The molecule has 0 saturated heterocycles. The summed E-state index contributed by atoms with van der Waals surface area (Å²) in [5, 5.41) is 36.5. The number of aliphatic hydroxyl groups is 3. The van der Waals surface area contributed by atoms with Crippen LogP contribution in [-0.4, -0.2) is 39.5 Å². The standard InChI is InChI=1S/C32H47NO4/c1-5-20-7-9-22(10-8-20)33-29(37)13-6-19(2)24-11-12-25-30-26(18-28(36)32(24,25)4)31(3)15-14-23(34)16-21(31)17-27(30)35/h5,7-10,19,21,23-28,30,34-36H,1,6,11-18H2,2-4H3,(H,33,37)/t19-,21+,23-,24-,25+,26+,27-,28+,30+,31+,32-/m1/s1. The van der Waals surface area contributed by atoms with E-state index in [1.807, 2.05) is 24.3 Å². The smallest absolute Gasteiger partial charge is 0.224 e. The second-order valence-corrected chi connectivity index (χ2v) is 13.4. The van der Waals surface area contributed by atoms with E-state index in [-0.39, 0.29) is 41.0 Å².